The van der Waals surface area contributed by atoms with Gasteiger partial charge in [0.15, 0.2) is 0 Å². The number of hydrogen-bond acceptors (Lipinski definition) is 3. The molecule has 21 heavy (non-hydrogen) atoms. The van der Waals surface area contributed by atoms with Gasteiger partial charge >= 0.3 is 0 Å². The number of nitrogens with one attached hydrogen (secondary N) is 1. The van der Waals surface area contributed by atoms with Crippen LogP contribution in [0, 0.1) is 0 Å². The third-order valence-electron chi connectivity index (χ3n) is 3.50. The summed E-state index contributed by atoms with van der Waals surface area (Å²) in [5.74, 6) is 8.28. The average Bonchev–Trinajstić information content (AvgIpc) is 2.42. The molecule has 0 heterocycles. The SMILES string of the molecule is CCCN(CCOC)N([NH-])Cc1cccc(C(C)(C)C)c1. The van der Waals surface area contributed by atoms with Gasteiger partial charge in [-0.2, -0.15) is 0 Å². The van der Waals surface area contributed by atoms with E-state index in [1.807, 2.05) is 5.01 Å². The third-order valence-corrected chi connectivity index (χ3v) is 3.50. The quantitative estimate of drug-likeness (QED) is 0.679. The Morgan fingerprint density at radius 3 is 2.48 bits per heavy atom. The summed E-state index contributed by atoms with van der Waals surface area (Å²) in [6, 6.07) is 8.55. The van der Waals surface area contributed by atoms with Crippen molar-refractivity contribution in [3.63, 3.8) is 0 Å². The van der Waals surface area contributed by atoms with Crippen molar-refractivity contribution >= 4 is 0 Å². The van der Waals surface area contributed by atoms with Gasteiger partial charge in [-0.25, -0.2) is 0 Å². The maximum Gasteiger partial charge on any atom is 0.0603 e. The van der Waals surface area contributed by atoms with Crippen LogP contribution >= 0.6 is 0 Å². The first-order chi connectivity index (χ1) is 9.88. The van der Waals surface area contributed by atoms with Gasteiger partial charge in [-0.3, -0.25) is 5.01 Å². The predicted octanol–water partition coefficient (Wildman–Crippen LogP) is 4.03. The third kappa shape index (κ3) is 6.14. The second kappa shape index (κ2) is 8.49. The van der Waals surface area contributed by atoms with Crippen LogP contribution in [-0.4, -0.2) is 36.9 Å². The first-order valence-corrected chi connectivity index (χ1v) is 7.70. The molecule has 0 aliphatic carbocycles. The molecule has 0 spiro atoms. The highest BCUT2D eigenvalue weighted by atomic mass is 16.5. The Morgan fingerprint density at radius 2 is 1.90 bits per heavy atom. The molecule has 1 rings (SSSR count). The van der Waals surface area contributed by atoms with Gasteiger partial charge in [0.05, 0.1) is 6.61 Å². The lowest BCUT2D eigenvalue weighted by Gasteiger charge is -2.39. The molecule has 1 N–H and O–H groups in total. The van der Waals surface area contributed by atoms with E-state index < -0.39 is 0 Å². The summed E-state index contributed by atoms with van der Waals surface area (Å²) in [5, 5.41) is 3.59. The normalized spacial score (nSPS) is 12.4. The maximum absolute atomic E-state index is 8.28. The van der Waals surface area contributed by atoms with Crippen molar-refractivity contribution in [1.82, 2.24) is 10.1 Å². The molecule has 0 aliphatic heterocycles. The molecule has 1 aromatic rings. The summed E-state index contributed by atoms with van der Waals surface area (Å²) in [4.78, 5) is 0. The number of hydrazine groups is 1. The highest BCUT2D eigenvalue weighted by Gasteiger charge is 2.14. The molecule has 4 heteroatoms. The molecule has 1 aromatic carbocycles. The van der Waals surface area contributed by atoms with Crippen molar-refractivity contribution in [2.75, 3.05) is 26.8 Å². The van der Waals surface area contributed by atoms with Crippen molar-refractivity contribution in [2.45, 2.75) is 46.1 Å². The molecule has 120 valence electrons. The van der Waals surface area contributed by atoms with Crippen molar-refractivity contribution < 1.29 is 4.74 Å². The summed E-state index contributed by atoms with van der Waals surface area (Å²) >= 11 is 0. The Balaban J connectivity index is 2.73. The number of ether oxygens (including phenoxy) is 1. The Bertz CT molecular complexity index is 415. The minimum absolute atomic E-state index is 0.141. The van der Waals surface area contributed by atoms with E-state index in [1.54, 1.807) is 12.2 Å². The van der Waals surface area contributed by atoms with E-state index in [-0.39, 0.29) is 5.41 Å². The molecule has 0 fully saturated rings. The van der Waals surface area contributed by atoms with Crippen LogP contribution in [0.5, 0.6) is 0 Å². The van der Waals surface area contributed by atoms with Gasteiger partial charge in [0, 0.05) is 26.7 Å². The monoisotopic (exact) mass is 292 g/mol. The topological polar surface area (TPSA) is 39.5 Å². The van der Waals surface area contributed by atoms with Crippen LogP contribution in [0.1, 0.15) is 45.2 Å². The van der Waals surface area contributed by atoms with Gasteiger partial charge in [0.2, 0.25) is 0 Å². The average molecular weight is 292 g/mol. The Kier molecular flexibility index (Phi) is 7.32. The van der Waals surface area contributed by atoms with Crippen LogP contribution in [0.2, 0.25) is 0 Å². The number of hydrogen-bond donors (Lipinski definition) is 0. The standard InChI is InChI=1S/C17H30N3O/c1-6-10-19(11-12-21-5)20(18)14-15-8-7-9-16(13-15)17(2,3)4/h7-9,13,18H,6,10-12,14H2,1-5H3/q-1. The zero-order valence-electron chi connectivity index (χ0n) is 14.1. The smallest absolute Gasteiger partial charge is 0.0603 e. The lowest BCUT2D eigenvalue weighted by molar-refractivity contribution is -0.00605. The lowest BCUT2D eigenvalue weighted by atomic mass is 9.86. The summed E-state index contributed by atoms with van der Waals surface area (Å²) < 4.78 is 5.13. The Hall–Kier alpha value is -0.940. The molecule has 0 radical (unpaired) electrons. The summed E-state index contributed by atoms with van der Waals surface area (Å²) in [7, 11) is 1.70. The molecule has 0 unspecified atom stereocenters. The van der Waals surface area contributed by atoms with E-state index in [0.29, 0.717) is 13.2 Å². The number of benzene rings is 1. The minimum atomic E-state index is 0.141. The fraction of sp³-hybridized carbons (Fsp3) is 0.647. The number of rotatable bonds is 8. The van der Waals surface area contributed by atoms with Crippen molar-refractivity contribution in [3.05, 3.63) is 41.2 Å². The van der Waals surface area contributed by atoms with Crippen LogP contribution in [0.25, 0.3) is 5.84 Å². The Morgan fingerprint density at radius 1 is 1.19 bits per heavy atom. The van der Waals surface area contributed by atoms with E-state index in [1.165, 1.54) is 11.1 Å². The van der Waals surface area contributed by atoms with Gasteiger partial charge in [-0.15, -0.1) is 0 Å². The maximum atomic E-state index is 8.28. The second-order valence-corrected chi connectivity index (χ2v) is 6.45. The highest BCUT2D eigenvalue weighted by Crippen LogP contribution is 2.23. The van der Waals surface area contributed by atoms with E-state index in [2.05, 4.69) is 52.0 Å². The van der Waals surface area contributed by atoms with Crippen molar-refractivity contribution in [1.29, 1.82) is 0 Å². The molecule has 0 aliphatic rings. The summed E-state index contributed by atoms with van der Waals surface area (Å²) in [5.41, 5.74) is 2.63. The fourth-order valence-electron chi connectivity index (χ4n) is 2.22. The van der Waals surface area contributed by atoms with Gasteiger partial charge in [-0.1, -0.05) is 52.0 Å². The molecular formula is C17H30N3O-. The van der Waals surface area contributed by atoms with Crippen LogP contribution in [0.15, 0.2) is 24.3 Å². The lowest BCUT2D eigenvalue weighted by Crippen LogP contribution is -2.39. The van der Waals surface area contributed by atoms with Crippen LogP contribution < -0.4 is 0 Å². The van der Waals surface area contributed by atoms with Crippen molar-refractivity contribution in [3.8, 4) is 0 Å². The highest BCUT2D eigenvalue weighted by molar-refractivity contribution is 5.28. The molecule has 4 nitrogen and oxygen atoms in total. The van der Waals surface area contributed by atoms with Crippen LogP contribution in [0.3, 0.4) is 0 Å². The number of nitrogens with zero attached hydrogens (tertiary/aromatic N) is 2. The number of methoxy groups -OCH3 is 1. The fourth-order valence-corrected chi connectivity index (χ4v) is 2.22. The molecule has 0 saturated heterocycles. The molecule has 0 atom stereocenters. The molecule has 0 bridgehead atoms. The molecule has 0 aromatic heterocycles. The first-order valence-electron chi connectivity index (χ1n) is 7.70. The van der Waals surface area contributed by atoms with Crippen LogP contribution in [0.4, 0.5) is 0 Å². The van der Waals surface area contributed by atoms with Crippen molar-refractivity contribution in [2.24, 2.45) is 0 Å². The predicted molar refractivity (Wildman–Crippen MR) is 88.7 cm³/mol. The summed E-state index contributed by atoms with van der Waals surface area (Å²) in [6.45, 7) is 11.7. The summed E-state index contributed by atoms with van der Waals surface area (Å²) in [6.07, 6.45) is 1.03. The minimum Gasteiger partial charge on any atom is -0.594 e. The second-order valence-electron chi connectivity index (χ2n) is 6.45. The van der Waals surface area contributed by atoms with E-state index in [4.69, 9.17) is 10.6 Å². The van der Waals surface area contributed by atoms with Gasteiger partial charge in [-0.05, 0) is 23.0 Å². The zero-order valence-corrected chi connectivity index (χ0v) is 14.1. The van der Waals surface area contributed by atoms with E-state index >= 15 is 0 Å². The zero-order chi connectivity index (χ0) is 15.9. The van der Waals surface area contributed by atoms with Gasteiger partial charge in [0.1, 0.15) is 0 Å². The largest absolute Gasteiger partial charge is 0.594 e. The first kappa shape index (κ1) is 18.1. The van der Waals surface area contributed by atoms with E-state index in [0.717, 1.165) is 19.5 Å². The Labute approximate surface area is 129 Å². The van der Waals surface area contributed by atoms with Crippen LogP contribution in [-0.2, 0) is 16.7 Å². The molecular weight excluding hydrogens is 262 g/mol. The van der Waals surface area contributed by atoms with E-state index in [9.17, 15) is 0 Å². The molecule has 0 amide bonds. The van der Waals surface area contributed by atoms with Gasteiger partial charge in [0.25, 0.3) is 0 Å². The van der Waals surface area contributed by atoms with Gasteiger partial charge < -0.3 is 15.7 Å². The molecule has 0 saturated carbocycles.